The summed E-state index contributed by atoms with van der Waals surface area (Å²) >= 11 is 0. The quantitative estimate of drug-likeness (QED) is 0.860. The second kappa shape index (κ2) is 7.41. The van der Waals surface area contributed by atoms with Crippen molar-refractivity contribution in [3.8, 4) is 5.75 Å². The van der Waals surface area contributed by atoms with Crippen LogP contribution in [0.3, 0.4) is 0 Å². The summed E-state index contributed by atoms with van der Waals surface area (Å²) in [6, 6.07) is 16.4. The van der Waals surface area contributed by atoms with Gasteiger partial charge in [0.1, 0.15) is 10.7 Å². The molecule has 0 aromatic heterocycles. The number of likely N-dealkylation sites (tertiary alicyclic amines) is 1. The lowest BCUT2D eigenvalue weighted by atomic mass is 9.99. The SMILES string of the molecule is COc1ccc(C2=C(c3ccccc3)C(N3CCC[C@@H](O)C3)=NS2(=O)=O)cc1. The van der Waals surface area contributed by atoms with Gasteiger partial charge in [0.25, 0.3) is 10.0 Å². The number of amidine groups is 1. The fraction of sp³-hybridized carbons (Fsp3) is 0.286. The van der Waals surface area contributed by atoms with E-state index < -0.39 is 16.1 Å². The van der Waals surface area contributed by atoms with Crippen LogP contribution in [0.25, 0.3) is 10.5 Å². The van der Waals surface area contributed by atoms with E-state index in [-0.39, 0.29) is 4.91 Å². The Kier molecular flexibility index (Phi) is 4.95. The second-order valence-corrected chi connectivity index (χ2v) is 8.47. The lowest BCUT2D eigenvalue weighted by Crippen LogP contribution is -2.42. The molecule has 2 heterocycles. The zero-order chi connectivity index (χ0) is 19.7. The highest BCUT2D eigenvalue weighted by atomic mass is 32.2. The van der Waals surface area contributed by atoms with Crippen LogP contribution in [0.1, 0.15) is 24.0 Å². The van der Waals surface area contributed by atoms with Gasteiger partial charge in [0.05, 0.1) is 13.2 Å². The Balaban J connectivity index is 1.90. The van der Waals surface area contributed by atoms with Gasteiger partial charge in [-0.15, -0.1) is 4.40 Å². The molecule has 2 aliphatic heterocycles. The van der Waals surface area contributed by atoms with Gasteiger partial charge >= 0.3 is 0 Å². The van der Waals surface area contributed by atoms with Gasteiger partial charge in [0.15, 0.2) is 5.84 Å². The van der Waals surface area contributed by atoms with Crippen molar-refractivity contribution in [3.05, 3.63) is 65.7 Å². The minimum atomic E-state index is -3.87. The number of methoxy groups -OCH3 is 1. The molecule has 2 aromatic carbocycles. The summed E-state index contributed by atoms with van der Waals surface area (Å²) < 4.78 is 35.5. The van der Waals surface area contributed by atoms with Crippen LogP contribution in [0, 0.1) is 0 Å². The normalized spacial score (nSPS) is 21.6. The first kappa shape index (κ1) is 18.7. The fourth-order valence-electron chi connectivity index (χ4n) is 3.70. The van der Waals surface area contributed by atoms with E-state index in [4.69, 9.17) is 4.74 Å². The monoisotopic (exact) mass is 398 g/mol. The Labute approximate surface area is 164 Å². The van der Waals surface area contributed by atoms with Crippen LogP contribution in [0.15, 0.2) is 59.0 Å². The molecule has 0 bridgehead atoms. The summed E-state index contributed by atoms with van der Waals surface area (Å²) in [6.45, 7) is 1.04. The first-order valence-corrected chi connectivity index (χ1v) is 10.7. The summed E-state index contributed by atoms with van der Waals surface area (Å²) in [5.41, 5.74) is 1.93. The largest absolute Gasteiger partial charge is 0.497 e. The highest BCUT2D eigenvalue weighted by Crippen LogP contribution is 2.40. The van der Waals surface area contributed by atoms with Crippen molar-refractivity contribution in [3.63, 3.8) is 0 Å². The predicted molar refractivity (Wildman–Crippen MR) is 109 cm³/mol. The smallest absolute Gasteiger partial charge is 0.285 e. The fourth-order valence-corrected chi connectivity index (χ4v) is 5.13. The molecular weight excluding hydrogens is 376 g/mol. The molecule has 0 spiro atoms. The highest BCUT2D eigenvalue weighted by Gasteiger charge is 2.37. The van der Waals surface area contributed by atoms with E-state index in [1.807, 2.05) is 35.2 Å². The minimum absolute atomic E-state index is 0.191. The average molecular weight is 398 g/mol. The van der Waals surface area contributed by atoms with Crippen LogP contribution < -0.4 is 4.74 Å². The number of aliphatic hydroxyl groups is 1. The summed E-state index contributed by atoms with van der Waals surface area (Å²) in [5.74, 6) is 1.07. The number of benzene rings is 2. The first-order chi connectivity index (χ1) is 13.5. The Hall–Kier alpha value is -2.64. The molecule has 4 rings (SSSR count). The third kappa shape index (κ3) is 3.43. The van der Waals surface area contributed by atoms with E-state index >= 15 is 0 Å². The Morgan fingerprint density at radius 3 is 2.43 bits per heavy atom. The van der Waals surface area contributed by atoms with Crippen LogP contribution in [0.4, 0.5) is 0 Å². The van der Waals surface area contributed by atoms with E-state index in [0.29, 0.717) is 42.2 Å². The van der Waals surface area contributed by atoms with E-state index in [9.17, 15) is 13.5 Å². The molecule has 2 aliphatic rings. The molecule has 6 nitrogen and oxygen atoms in total. The molecule has 1 N–H and O–H groups in total. The molecule has 1 atom stereocenters. The number of nitrogens with zero attached hydrogens (tertiary/aromatic N) is 2. The Bertz CT molecular complexity index is 1030. The van der Waals surface area contributed by atoms with Crippen molar-refractivity contribution in [2.45, 2.75) is 18.9 Å². The molecule has 0 unspecified atom stereocenters. The summed E-state index contributed by atoms with van der Waals surface area (Å²) in [6.07, 6.45) is 1.02. The average Bonchev–Trinajstić information content (AvgIpc) is 3.00. The molecule has 0 amide bonds. The van der Waals surface area contributed by atoms with Gasteiger partial charge in [-0.25, -0.2) is 0 Å². The zero-order valence-corrected chi connectivity index (χ0v) is 16.4. The topological polar surface area (TPSA) is 79.2 Å². The third-order valence-corrected chi connectivity index (χ3v) is 6.40. The van der Waals surface area contributed by atoms with Crippen molar-refractivity contribution in [1.82, 2.24) is 4.90 Å². The number of hydrogen-bond acceptors (Lipinski definition) is 5. The second-order valence-electron chi connectivity index (χ2n) is 6.93. The van der Waals surface area contributed by atoms with E-state index in [0.717, 1.165) is 12.0 Å². The van der Waals surface area contributed by atoms with E-state index in [1.165, 1.54) is 0 Å². The van der Waals surface area contributed by atoms with Crippen molar-refractivity contribution < 1.29 is 18.3 Å². The van der Waals surface area contributed by atoms with Gasteiger partial charge in [-0.05, 0) is 48.2 Å². The molecular formula is C21H22N2O4S. The number of piperidine rings is 1. The van der Waals surface area contributed by atoms with Crippen LogP contribution >= 0.6 is 0 Å². The number of ether oxygens (including phenoxy) is 1. The summed E-state index contributed by atoms with van der Waals surface area (Å²) in [7, 11) is -2.30. The molecule has 0 saturated carbocycles. The number of β-amino-alcohol motifs (C(OH)–C–C–N with tert-alkyl or cyclic N) is 1. The summed E-state index contributed by atoms with van der Waals surface area (Å²) in [4.78, 5) is 2.07. The molecule has 1 fully saturated rings. The van der Waals surface area contributed by atoms with Gasteiger partial charge in [-0.3, -0.25) is 0 Å². The van der Waals surface area contributed by atoms with Gasteiger partial charge in [0.2, 0.25) is 0 Å². The molecule has 7 heteroatoms. The molecule has 146 valence electrons. The zero-order valence-electron chi connectivity index (χ0n) is 15.6. The van der Waals surface area contributed by atoms with Gasteiger partial charge < -0.3 is 14.7 Å². The molecule has 2 aromatic rings. The number of hydrogen-bond donors (Lipinski definition) is 1. The number of rotatable bonds is 3. The van der Waals surface area contributed by atoms with Crippen LogP contribution in [-0.4, -0.2) is 50.6 Å². The van der Waals surface area contributed by atoms with Gasteiger partial charge in [-0.1, -0.05) is 30.3 Å². The number of aliphatic hydroxyl groups excluding tert-OH is 1. The van der Waals surface area contributed by atoms with E-state index in [1.54, 1.807) is 31.4 Å². The van der Waals surface area contributed by atoms with Crippen LogP contribution in [-0.2, 0) is 10.0 Å². The lowest BCUT2D eigenvalue weighted by molar-refractivity contribution is 0.104. The maximum atomic E-state index is 13.1. The first-order valence-electron chi connectivity index (χ1n) is 9.22. The van der Waals surface area contributed by atoms with Gasteiger partial charge in [0, 0.05) is 18.7 Å². The lowest BCUT2D eigenvalue weighted by Gasteiger charge is -2.32. The van der Waals surface area contributed by atoms with Crippen molar-refractivity contribution >= 4 is 26.3 Å². The maximum absolute atomic E-state index is 13.1. The predicted octanol–water partition coefficient (Wildman–Crippen LogP) is 2.76. The third-order valence-electron chi connectivity index (χ3n) is 5.03. The molecule has 28 heavy (non-hydrogen) atoms. The van der Waals surface area contributed by atoms with Crippen molar-refractivity contribution in [2.24, 2.45) is 4.40 Å². The highest BCUT2D eigenvalue weighted by molar-refractivity contribution is 8.00. The van der Waals surface area contributed by atoms with Crippen LogP contribution in [0.2, 0.25) is 0 Å². The Morgan fingerprint density at radius 1 is 1.07 bits per heavy atom. The van der Waals surface area contributed by atoms with Crippen molar-refractivity contribution in [2.75, 3.05) is 20.2 Å². The molecule has 1 saturated heterocycles. The van der Waals surface area contributed by atoms with Crippen LogP contribution in [0.5, 0.6) is 5.75 Å². The number of sulfonamides is 1. The Morgan fingerprint density at radius 2 is 1.79 bits per heavy atom. The minimum Gasteiger partial charge on any atom is -0.497 e. The van der Waals surface area contributed by atoms with E-state index in [2.05, 4.69) is 4.40 Å². The summed E-state index contributed by atoms with van der Waals surface area (Å²) in [5, 5.41) is 10.1. The van der Waals surface area contributed by atoms with Gasteiger partial charge in [-0.2, -0.15) is 8.42 Å². The molecule has 0 radical (unpaired) electrons. The molecule has 0 aliphatic carbocycles. The standard InChI is InChI=1S/C21H22N2O4S/c1-27-18-11-9-16(10-12-18)20-19(15-6-3-2-4-7-15)21(22-28(20,25)26)23-13-5-8-17(24)14-23/h2-4,6-7,9-12,17,24H,5,8,13-14H2,1H3/t17-/m1/s1. The maximum Gasteiger partial charge on any atom is 0.285 e. The van der Waals surface area contributed by atoms with Crippen molar-refractivity contribution in [1.29, 1.82) is 0 Å².